The van der Waals surface area contributed by atoms with E-state index in [0.29, 0.717) is 22.9 Å². The van der Waals surface area contributed by atoms with Crippen LogP contribution in [0.4, 0.5) is 10.1 Å². The highest BCUT2D eigenvalue weighted by molar-refractivity contribution is 7.92. The summed E-state index contributed by atoms with van der Waals surface area (Å²) in [6.07, 6.45) is 2.38. The average molecular weight is 490 g/mol. The number of hydrogen-bond acceptors (Lipinski definition) is 5. The number of hydrazone groups is 1. The number of benzene rings is 3. The molecule has 7 nitrogen and oxygen atoms in total. The quantitative estimate of drug-likeness (QED) is 0.364. The minimum atomic E-state index is -3.76. The maximum absolute atomic E-state index is 13.1. The minimum Gasteiger partial charge on any atom is -0.489 e. The number of rotatable bonds is 9. The van der Waals surface area contributed by atoms with Crippen LogP contribution in [-0.2, 0) is 21.4 Å². The van der Waals surface area contributed by atoms with Crippen molar-refractivity contribution in [1.82, 2.24) is 5.43 Å². The largest absolute Gasteiger partial charge is 0.489 e. The van der Waals surface area contributed by atoms with Crippen LogP contribution >= 0.6 is 11.6 Å². The van der Waals surface area contributed by atoms with E-state index in [0.717, 1.165) is 28.3 Å². The second kappa shape index (κ2) is 10.9. The van der Waals surface area contributed by atoms with Crippen molar-refractivity contribution in [2.75, 3.05) is 17.1 Å². The van der Waals surface area contributed by atoms with E-state index < -0.39 is 28.3 Å². The van der Waals surface area contributed by atoms with Gasteiger partial charge in [0.1, 0.15) is 24.7 Å². The Labute approximate surface area is 196 Å². The first kappa shape index (κ1) is 24.2. The van der Waals surface area contributed by atoms with Crippen LogP contribution in [0.15, 0.2) is 77.9 Å². The standard InChI is InChI=1S/C23H21ClFN3O4S/c1-33(30,31)28(20-10-8-19(25)9-11-20)15-23(29)27-26-14-17-6-12-21(13-7-17)32-16-18-4-2-3-5-22(18)24/h2-14H,15-16H2,1H3,(H,27,29)/b26-14-. The Morgan fingerprint density at radius 2 is 1.76 bits per heavy atom. The Bertz CT molecular complexity index is 1230. The molecule has 0 aliphatic heterocycles. The van der Waals surface area contributed by atoms with Gasteiger partial charge in [-0.25, -0.2) is 18.2 Å². The average Bonchev–Trinajstić information content (AvgIpc) is 2.78. The van der Waals surface area contributed by atoms with Gasteiger partial charge in [0.2, 0.25) is 10.0 Å². The summed E-state index contributed by atoms with van der Waals surface area (Å²) in [5.74, 6) is -0.526. The van der Waals surface area contributed by atoms with Gasteiger partial charge in [0, 0.05) is 10.6 Å². The molecule has 0 spiro atoms. The van der Waals surface area contributed by atoms with Crippen LogP contribution in [0.5, 0.6) is 5.75 Å². The Balaban J connectivity index is 1.54. The topological polar surface area (TPSA) is 88.1 Å². The normalized spacial score (nSPS) is 11.4. The Morgan fingerprint density at radius 3 is 2.39 bits per heavy atom. The van der Waals surface area contributed by atoms with E-state index in [4.69, 9.17) is 16.3 Å². The molecule has 0 unspecified atom stereocenters. The summed E-state index contributed by atoms with van der Waals surface area (Å²) >= 11 is 6.11. The molecule has 3 rings (SSSR count). The van der Waals surface area contributed by atoms with E-state index in [1.807, 2.05) is 18.2 Å². The smallest absolute Gasteiger partial charge is 0.260 e. The lowest BCUT2D eigenvalue weighted by atomic mass is 10.2. The molecule has 10 heteroatoms. The van der Waals surface area contributed by atoms with E-state index >= 15 is 0 Å². The molecule has 33 heavy (non-hydrogen) atoms. The number of carbonyl (C=O) groups is 1. The van der Waals surface area contributed by atoms with Gasteiger partial charge in [0.05, 0.1) is 18.2 Å². The molecule has 0 aliphatic rings. The summed E-state index contributed by atoms with van der Waals surface area (Å²) in [6.45, 7) is -0.176. The first-order valence-electron chi connectivity index (χ1n) is 9.74. The molecule has 3 aromatic rings. The number of hydrogen-bond donors (Lipinski definition) is 1. The zero-order chi connectivity index (χ0) is 23.8. The fourth-order valence-electron chi connectivity index (χ4n) is 2.78. The predicted molar refractivity (Wildman–Crippen MR) is 127 cm³/mol. The summed E-state index contributed by atoms with van der Waals surface area (Å²) in [5, 5.41) is 4.49. The highest BCUT2D eigenvalue weighted by Gasteiger charge is 2.20. The van der Waals surface area contributed by atoms with Crippen molar-refractivity contribution in [3.8, 4) is 5.75 Å². The van der Waals surface area contributed by atoms with E-state index in [2.05, 4.69) is 10.5 Å². The molecule has 0 fully saturated rings. The number of nitrogens with zero attached hydrogens (tertiary/aromatic N) is 2. The van der Waals surface area contributed by atoms with Crippen LogP contribution in [0.25, 0.3) is 0 Å². The van der Waals surface area contributed by atoms with Crippen LogP contribution in [0.1, 0.15) is 11.1 Å². The molecule has 0 aromatic heterocycles. The molecule has 3 aromatic carbocycles. The van der Waals surface area contributed by atoms with E-state index in [1.165, 1.54) is 18.3 Å². The number of halogens is 2. The van der Waals surface area contributed by atoms with E-state index in [-0.39, 0.29) is 5.69 Å². The number of anilines is 1. The highest BCUT2D eigenvalue weighted by atomic mass is 35.5. The Morgan fingerprint density at radius 1 is 1.09 bits per heavy atom. The molecule has 0 saturated carbocycles. The van der Waals surface area contributed by atoms with E-state index in [1.54, 1.807) is 30.3 Å². The van der Waals surface area contributed by atoms with Crippen molar-refractivity contribution in [2.45, 2.75) is 6.61 Å². The van der Waals surface area contributed by atoms with Gasteiger partial charge in [-0.2, -0.15) is 5.10 Å². The van der Waals surface area contributed by atoms with Crippen LogP contribution in [0, 0.1) is 5.82 Å². The van der Waals surface area contributed by atoms with Crippen LogP contribution in [0.3, 0.4) is 0 Å². The third kappa shape index (κ3) is 7.30. The van der Waals surface area contributed by atoms with Crippen LogP contribution in [0.2, 0.25) is 5.02 Å². The SMILES string of the molecule is CS(=O)(=O)N(CC(=O)N/N=C\c1ccc(OCc2ccccc2Cl)cc1)c1ccc(F)cc1. The fraction of sp³-hybridized carbons (Fsp3) is 0.130. The first-order chi connectivity index (χ1) is 15.7. The van der Waals surface area contributed by atoms with Gasteiger partial charge in [-0.15, -0.1) is 0 Å². The molecule has 0 heterocycles. The second-order valence-corrected chi connectivity index (χ2v) is 9.30. The van der Waals surface area contributed by atoms with Gasteiger partial charge in [-0.3, -0.25) is 9.10 Å². The van der Waals surface area contributed by atoms with Gasteiger partial charge >= 0.3 is 0 Å². The minimum absolute atomic E-state index is 0.172. The van der Waals surface area contributed by atoms with Crippen LogP contribution < -0.4 is 14.5 Å². The molecule has 0 atom stereocenters. The second-order valence-electron chi connectivity index (χ2n) is 6.99. The lowest BCUT2D eigenvalue weighted by molar-refractivity contribution is -0.119. The van der Waals surface area contributed by atoms with E-state index in [9.17, 15) is 17.6 Å². The molecule has 0 bridgehead atoms. The maximum Gasteiger partial charge on any atom is 0.260 e. The Hall–Kier alpha value is -3.43. The van der Waals surface area contributed by atoms with Gasteiger partial charge in [-0.1, -0.05) is 29.8 Å². The Kier molecular flexibility index (Phi) is 8.02. The van der Waals surface area contributed by atoms with Crippen molar-refractivity contribution in [3.63, 3.8) is 0 Å². The molecule has 0 aliphatic carbocycles. The van der Waals surface area contributed by atoms with Crippen molar-refractivity contribution in [1.29, 1.82) is 0 Å². The lowest BCUT2D eigenvalue weighted by Crippen LogP contribution is -2.39. The third-order valence-corrected chi connectivity index (χ3v) is 5.95. The van der Waals surface area contributed by atoms with Crippen molar-refractivity contribution >= 4 is 39.4 Å². The zero-order valence-electron chi connectivity index (χ0n) is 17.6. The van der Waals surface area contributed by atoms with Crippen molar-refractivity contribution in [2.24, 2.45) is 5.10 Å². The van der Waals surface area contributed by atoms with Crippen LogP contribution in [-0.4, -0.2) is 33.3 Å². The highest BCUT2D eigenvalue weighted by Crippen LogP contribution is 2.19. The molecule has 1 amide bonds. The molecular weight excluding hydrogens is 469 g/mol. The number of carbonyl (C=O) groups excluding carboxylic acids is 1. The maximum atomic E-state index is 13.1. The summed E-state index contributed by atoms with van der Waals surface area (Å²) in [5.41, 5.74) is 4.02. The monoisotopic (exact) mass is 489 g/mol. The first-order valence-corrected chi connectivity index (χ1v) is 12.0. The zero-order valence-corrected chi connectivity index (χ0v) is 19.2. The van der Waals surface area contributed by atoms with Crippen molar-refractivity contribution < 1.29 is 22.3 Å². The predicted octanol–water partition coefficient (Wildman–Crippen LogP) is 3.97. The summed E-state index contributed by atoms with van der Waals surface area (Å²) < 4.78 is 43.8. The number of sulfonamides is 1. The lowest BCUT2D eigenvalue weighted by Gasteiger charge is -2.21. The number of ether oxygens (including phenoxy) is 1. The molecule has 1 N–H and O–H groups in total. The van der Waals surface area contributed by atoms with Gasteiger partial charge in [0.15, 0.2) is 0 Å². The van der Waals surface area contributed by atoms with Gasteiger partial charge < -0.3 is 4.74 Å². The summed E-state index contributed by atoms with van der Waals surface area (Å²) in [4.78, 5) is 12.2. The van der Waals surface area contributed by atoms with Gasteiger partial charge in [-0.05, 0) is 60.2 Å². The third-order valence-electron chi connectivity index (χ3n) is 4.44. The summed E-state index contributed by atoms with van der Waals surface area (Å²) in [6, 6.07) is 19.2. The fourth-order valence-corrected chi connectivity index (χ4v) is 3.83. The molecular formula is C23H21ClFN3O4S. The molecule has 0 radical (unpaired) electrons. The number of nitrogens with one attached hydrogen (secondary N) is 1. The molecule has 172 valence electrons. The molecule has 0 saturated heterocycles. The van der Waals surface area contributed by atoms with Crippen molar-refractivity contribution in [3.05, 3.63) is 94.8 Å². The number of amides is 1. The summed E-state index contributed by atoms with van der Waals surface area (Å²) in [7, 11) is -3.76. The van der Waals surface area contributed by atoms with Gasteiger partial charge in [0.25, 0.3) is 5.91 Å².